The number of hydrogen-bond donors (Lipinski definition) is 1. The number of nitrogens with two attached hydrogens (primary N) is 1. The van der Waals surface area contributed by atoms with E-state index in [4.69, 9.17) is 15.2 Å². The van der Waals surface area contributed by atoms with Crippen LogP contribution in [-0.4, -0.2) is 56.4 Å². The van der Waals surface area contributed by atoms with Crippen LogP contribution in [0.4, 0.5) is 0 Å². The third kappa shape index (κ3) is 2.94. The van der Waals surface area contributed by atoms with Crippen molar-refractivity contribution in [1.82, 2.24) is 4.90 Å². The first-order valence-electron chi connectivity index (χ1n) is 4.79. The van der Waals surface area contributed by atoms with E-state index in [0.29, 0.717) is 19.6 Å². The summed E-state index contributed by atoms with van der Waals surface area (Å²) in [6.45, 7) is 3.71. The summed E-state index contributed by atoms with van der Waals surface area (Å²) in [4.78, 5) is 13.3. The van der Waals surface area contributed by atoms with Crippen LogP contribution in [-0.2, 0) is 14.3 Å². The summed E-state index contributed by atoms with van der Waals surface area (Å²) in [5.41, 5.74) is 5.51. The van der Waals surface area contributed by atoms with Gasteiger partial charge in [-0.3, -0.25) is 4.79 Å². The summed E-state index contributed by atoms with van der Waals surface area (Å²) in [7, 11) is 1.52. The van der Waals surface area contributed by atoms with E-state index in [-0.39, 0.29) is 24.7 Å². The van der Waals surface area contributed by atoms with Gasteiger partial charge in [-0.05, 0) is 6.92 Å². The summed E-state index contributed by atoms with van der Waals surface area (Å²) in [6, 6.07) is 0. The molecule has 2 N–H and O–H groups in total. The maximum Gasteiger partial charge on any atom is 0.248 e. The highest BCUT2D eigenvalue weighted by molar-refractivity contribution is 5.77. The number of nitrogens with zero attached hydrogens (tertiary/aromatic N) is 1. The van der Waals surface area contributed by atoms with Gasteiger partial charge in [0, 0.05) is 26.7 Å². The Hall–Kier alpha value is -0.650. The molecule has 1 amide bonds. The minimum atomic E-state index is -0.0421. The van der Waals surface area contributed by atoms with Gasteiger partial charge in [-0.25, -0.2) is 0 Å². The van der Waals surface area contributed by atoms with Gasteiger partial charge in [0.2, 0.25) is 5.91 Å². The highest BCUT2D eigenvalue weighted by Crippen LogP contribution is 2.10. The second-order valence-corrected chi connectivity index (χ2v) is 3.54. The Morgan fingerprint density at radius 3 is 2.93 bits per heavy atom. The van der Waals surface area contributed by atoms with Crippen LogP contribution in [0.5, 0.6) is 0 Å². The molecule has 1 fully saturated rings. The number of amides is 1. The van der Waals surface area contributed by atoms with Gasteiger partial charge >= 0.3 is 0 Å². The number of rotatable bonds is 3. The van der Waals surface area contributed by atoms with Crippen LogP contribution in [0.3, 0.4) is 0 Å². The maximum absolute atomic E-state index is 11.5. The van der Waals surface area contributed by atoms with Gasteiger partial charge in [0.15, 0.2) is 0 Å². The average molecular weight is 202 g/mol. The van der Waals surface area contributed by atoms with Gasteiger partial charge in [0.1, 0.15) is 6.61 Å². The first-order valence-corrected chi connectivity index (χ1v) is 4.79. The van der Waals surface area contributed by atoms with Crippen LogP contribution < -0.4 is 5.73 Å². The largest absolute Gasteiger partial charge is 0.375 e. The number of carbonyl (C=O) groups is 1. The molecule has 1 rings (SSSR count). The van der Waals surface area contributed by atoms with Gasteiger partial charge in [0.25, 0.3) is 0 Å². The van der Waals surface area contributed by atoms with Crippen LogP contribution in [0.2, 0.25) is 0 Å². The van der Waals surface area contributed by atoms with Crippen molar-refractivity contribution >= 4 is 5.91 Å². The Bertz CT molecular complexity index is 198. The minimum absolute atomic E-state index is 0.00102. The molecule has 1 saturated heterocycles. The number of hydrogen-bond acceptors (Lipinski definition) is 4. The number of morpholine rings is 1. The topological polar surface area (TPSA) is 64.8 Å². The summed E-state index contributed by atoms with van der Waals surface area (Å²) in [6.07, 6.45) is 0.0117. The molecule has 14 heavy (non-hydrogen) atoms. The van der Waals surface area contributed by atoms with E-state index in [1.54, 1.807) is 4.90 Å². The molecule has 2 atom stereocenters. The Morgan fingerprint density at radius 1 is 1.64 bits per heavy atom. The Kier molecular flexibility index (Phi) is 4.31. The molecule has 0 radical (unpaired) electrons. The van der Waals surface area contributed by atoms with Crippen molar-refractivity contribution < 1.29 is 14.3 Å². The molecule has 1 heterocycles. The van der Waals surface area contributed by atoms with Gasteiger partial charge in [-0.2, -0.15) is 0 Å². The van der Waals surface area contributed by atoms with Crippen LogP contribution in [0, 0.1) is 0 Å². The van der Waals surface area contributed by atoms with E-state index in [2.05, 4.69) is 0 Å². The van der Waals surface area contributed by atoms with Crippen molar-refractivity contribution in [2.45, 2.75) is 19.1 Å². The Morgan fingerprint density at radius 2 is 2.36 bits per heavy atom. The summed E-state index contributed by atoms with van der Waals surface area (Å²) in [5, 5.41) is 0. The lowest BCUT2D eigenvalue weighted by Gasteiger charge is -2.36. The van der Waals surface area contributed by atoms with Crippen molar-refractivity contribution in [3.63, 3.8) is 0 Å². The van der Waals surface area contributed by atoms with Crippen LogP contribution in [0.1, 0.15) is 6.92 Å². The van der Waals surface area contributed by atoms with Crippen molar-refractivity contribution in [2.24, 2.45) is 5.73 Å². The molecule has 2 unspecified atom stereocenters. The van der Waals surface area contributed by atoms with E-state index in [9.17, 15) is 4.79 Å². The van der Waals surface area contributed by atoms with Gasteiger partial charge < -0.3 is 20.1 Å². The summed E-state index contributed by atoms with van der Waals surface area (Å²) >= 11 is 0. The second kappa shape index (κ2) is 5.29. The third-order valence-corrected chi connectivity index (χ3v) is 2.21. The molecule has 0 aliphatic carbocycles. The third-order valence-electron chi connectivity index (χ3n) is 2.21. The fourth-order valence-electron chi connectivity index (χ4n) is 1.59. The molecule has 5 nitrogen and oxygen atoms in total. The molecular formula is C9H18N2O3. The van der Waals surface area contributed by atoms with Crippen molar-refractivity contribution in [3.8, 4) is 0 Å². The normalized spacial score (nSPS) is 27.8. The first kappa shape index (κ1) is 11.4. The number of carbonyl (C=O) groups excluding carboxylic acids is 1. The quantitative estimate of drug-likeness (QED) is 0.651. The molecule has 1 aliphatic rings. The minimum Gasteiger partial charge on any atom is -0.375 e. The van der Waals surface area contributed by atoms with Crippen molar-refractivity contribution in [3.05, 3.63) is 0 Å². The SMILES string of the molecule is COCC(=O)N1CC(C)OC(CN)C1. The number of ether oxygens (including phenoxy) is 2. The van der Waals surface area contributed by atoms with Crippen LogP contribution in [0.15, 0.2) is 0 Å². The Balaban J connectivity index is 2.48. The fourth-order valence-corrected chi connectivity index (χ4v) is 1.59. The molecule has 5 heteroatoms. The first-order chi connectivity index (χ1) is 6.67. The monoisotopic (exact) mass is 202 g/mol. The lowest BCUT2D eigenvalue weighted by Crippen LogP contribution is -2.52. The summed E-state index contributed by atoms with van der Waals surface area (Å²) < 4.78 is 10.3. The van der Waals surface area contributed by atoms with E-state index in [0.717, 1.165) is 0 Å². The zero-order valence-corrected chi connectivity index (χ0v) is 8.73. The Labute approximate surface area is 84.1 Å². The zero-order valence-electron chi connectivity index (χ0n) is 8.73. The molecule has 0 bridgehead atoms. The van der Waals surface area contributed by atoms with Gasteiger partial charge in [-0.15, -0.1) is 0 Å². The molecule has 0 spiro atoms. The average Bonchev–Trinajstić information content (AvgIpc) is 2.17. The maximum atomic E-state index is 11.5. The fraction of sp³-hybridized carbons (Fsp3) is 0.889. The van der Waals surface area contributed by atoms with E-state index < -0.39 is 0 Å². The highest BCUT2D eigenvalue weighted by Gasteiger charge is 2.27. The molecule has 1 aliphatic heterocycles. The molecular weight excluding hydrogens is 184 g/mol. The van der Waals surface area contributed by atoms with E-state index >= 15 is 0 Å². The highest BCUT2D eigenvalue weighted by atomic mass is 16.5. The van der Waals surface area contributed by atoms with E-state index in [1.165, 1.54) is 7.11 Å². The van der Waals surface area contributed by atoms with E-state index in [1.807, 2.05) is 6.92 Å². The predicted octanol–water partition coefficient (Wildman–Crippen LogP) is -0.793. The molecule has 82 valence electrons. The standard InChI is InChI=1S/C9H18N2O3/c1-7-4-11(9(12)6-13-2)5-8(3-10)14-7/h7-8H,3-6,10H2,1-2H3. The van der Waals surface area contributed by atoms with Crippen LogP contribution >= 0.6 is 0 Å². The van der Waals surface area contributed by atoms with Gasteiger partial charge in [-0.1, -0.05) is 0 Å². The number of methoxy groups -OCH3 is 1. The smallest absolute Gasteiger partial charge is 0.248 e. The lowest BCUT2D eigenvalue weighted by molar-refractivity contribution is -0.147. The lowest BCUT2D eigenvalue weighted by atomic mass is 10.2. The zero-order chi connectivity index (χ0) is 10.6. The molecule has 0 aromatic rings. The predicted molar refractivity (Wildman–Crippen MR) is 51.8 cm³/mol. The van der Waals surface area contributed by atoms with Gasteiger partial charge in [0.05, 0.1) is 12.2 Å². The molecule has 0 aromatic heterocycles. The molecule has 0 aromatic carbocycles. The summed E-state index contributed by atoms with van der Waals surface area (Å²) in [5.74, 6) is 0.00102. The molecule has 0 saturated carbocycles. The van der Waals surface area contributed by atoms with Crippen LogP contribution in [0.25, 0.3) is 0 Å². The van der Waals surface area contributed by atoms with Crippen molar-refractivity contribution in [1.29, 1.82) is 0 Å². The second-order valence-electron chi connectivity index (χ2n) is 3.54. The van der Waals surface area contributed by atoms with Crippen molar-refractivity contribution in [2.75, 3.05) is 33.4 Å².